The van der Waals surface area contributed by atoms with Gasteiger partial charge in [0.1, 0.15) is 5.82 Å². The first-order valence-corrected chi connectivity index (χ1v) is 7.86. The summed E-state index contributed by atoms with van der Waals surface area (Å²) in [6, 6.07) is 3.82. The van der Waals surface area contributed by atoms with E-state index in [0.717, 1.165) is 6.07 Å². The number of aromatic nitrogens is 2. The quantitative estimate of drug-likeness (QED) is 0.706. The third kappa shape index (κ3) is 4.57. The second-order valence-electron chi connectivity index (χ2n) is 5.50. The fourth-order valence-electron chi connectivity index (χ4n) is 2.23. The Kier molecular flexibility index (Phi) is 5.93. The van der Waals surface area contributed by atoms with Crippen LogP contribution in [0.1, 0.15) is 28.5 Å². The van der Waals surface area contributed by atoms with Gasteiger partial charge >= 0.3 is 6.09 Å². The number of carbonyl (C=O) groups is 3. The van der Waals surface area contributed by atoms with Gasteiger partial charge in [-0.2, -0.15) is 5.10 Å². The van der Waals surface area contributed by atoms with E-state index >= 15 is 0 Å². The smallest absolute Gasteiger partial charge is 0.405 e. The summed E-state index contributed by atoms with van der Waals surface area (Å²) >= 11 is 6.04. The number of hydrogen-bond acceptors (Lipinski definition) is 5. The number of rotatable bonds is 6. The van der Waals surface area contributed by atoms with E-state index in [1.54, 1.807) is 13.0 Å². The highest BCUT2D eigenvalue weighted by Crippen LogP contribution is 2.25. The summed E-state index contributed by atoms with van der Waals surface area (Å²) < 4.78 is 18.8. The number of aryl methyl sites for hydroxylation is 1. The number of Topliss-reactive ketones (excluding diaryl/α,β-unsaturated/α-hetero) is 1. The van der Waals surface area contributed by atoms with Crippen LogP contribution < -0.4 is 11.1 Å². The molecule has 0 radical (unpaired) electrons. The van der Waals surface area contributed by atoms with Gasteiger partial charge in [-0.3, -0.25) is 14.7 Å². The van der Waals surface area contributed by atoms with E-state index in [2.05, 4.69) is 20.3 Å². The van der Waals surface area contributed by atoms with E-state index in [4.69, 9.17) is 17.3 Å². The minimum Gasteiger partial charge on any atom is -0.439 e. The highest BCUT2D eigenvalue weighted by Gasteiger charge is 2.25. The van der Waals surface area contributed by atoms with Crippen molar-refractivity contribution in [3.8, 4) is 0 Å². The number of carbonyl (C=O) groups excluding carboxylic acids is 3. The molecule has 138 valence electrons. The zero-order valence-electron chi connectivity index (χ0n) is 13.9. The van der Waals surface area contributed by atoms with Gasteiger partial charge in [0.2, 0.25) is 0 Å². The monoisotopic (exact) mass is 382 g/mol. The molecule has 0 aliphatic carbocycles. The van der Waals surface area contributed by atoms with Gasteiger partial charge in [0, 0.05) is 23.7 Å². The fourth-order valence-corrected chi connectivity index (χ4v) is 2.49. The molecule has 4 N–H and O–H groups in total. The summed E-state index contributed by atoms with van der Waals surface area (Å²) in [6.07, 6.45) is -2.84. The highest BCUT2D eigenvalue weighted by molar-refractivity contribution is 6.34. The highest BCUT2D eigenvalue weighted by atomic mass is 35.5. The molecule has 0 unspecified atom stereocenters. The molecule has 2 amide bonds. The Labute approximate surface area is 152 Å². The second kappa shape index (κ2) is 7.96. The van der Waals surface area contributed by atoms with Crippen LogP contribution in [-0.2, 0) is 16.0 Å². The van der Waals surface area contributed by atoms with E-state index in [0.29, 0.717) is 5.69 Å². The Morgan fingerprint density at radius 1 is 1.42 bits per heavy atom. The minimum absolute atomic E-state index is 0.0394. The van der Waals surface area contributed by atoms with E-state index in [-0.39, 0.29) is 22.0 Å². The summed E-state index contributed by atoms with van der Waals surface area (Å²) in [6.45, 7) is 3.03. The maximum absolute atomic E-state index is 14.3. The number of amides is 2. The van der Waals surface area contributed by atoms with Crippen LogP contribution in [0.2, 0.25) is 5.02 Å². The molecule has 1 aromatic heterocycles. The van der Waals surface area contributed by atoms with Gasteiger partial charge < -0.3 is 15.8 Å². The molecule has 0 fully saturated rings. The van der Waals surface area contributed by atoms with Crippen LogP contribution in [0.4, 0.5) is 15.0 Å². The van der Waals surface area contributed by atoms with Gasteiger partial charge in [-0.1, -0.05) is 11.6 Å². The van der Waals surface area contributed by atoms with Crippen molar-refractivity contribution in [3.05, 3.63) is 45.9 Å². The standard InChI is InChI=1S/C16H16ClFN4O4/c1-7-5-13(22-21-7)20-15(24)14-9(11(18)4-3-10(14)17)6-12(23)8(2)26-16(19)25/h3-5,8H,6H2,1-2H3,(H2,19,25)(H2,20,21,22,24)/t8-/m0/s1. The van der Waals surface area contributed by atoms with E-state index in [1.165, 1.54) is 13.0 Å². The van der Waals surface area contributed by atoms with Crippen LogP contribution in [0.5, 0.6) is 0 Å². The predicted octanol–water partition coefficient (Wildman–Crippen LogP) is 2.36. The molecule has 0 saturated carbocycles. The summed E-state index contributed by atoms with van der Waals surface area (Å²) in [5.74, 6) is -1.95. The largest absolute Gasteiger partial charge is 0.439 e. The van der Waals surface area contributed by atoms with Gasteiger partial charge in [-0.15, -0.1) is 0 Å². The molecule has 8 nitrogen and oxygen atoms in total. The normalized spacial score (nSPS) is 11.7. The van der Waals surface area contributed by atoms with Crippen molar-refractivity contribution in [1.29, 1.82) is 0 Å². The average Bonchev–Trinajstić information content (AvgIpc) is 2.95. The molecule has 26 heavy (non-hydrogen) atoms. The molecule has 0 saturated heterocycles. The summed E-state index contributed by atoms with van der Waals surface area (Å²) in [5, 5.41) is 8.93. The molecule has 2 aromatic rings. The summed E-state index contributed by atoms with van der Waals surface area (Å²) in [5.41, 5.74) is 5.15. The van der Waals surface area contributed by atoms with Crippen LogP contribution in [-0.4, -0.2) is 34.1 Å². The Bertz CT molecular complexity index is 868. The first kappa shape index (κ1) is 19.4. The molecule has 0 aliphatic rings. The number of benzene rings is 1. The number of anilines is 1. The van der Waals surface area contributed by atoms with Crippen molar-refractivity contribution in [1.82, 2.24) is 10.2 Å². The van der Waals surface area contributed by atoms with Crippen LogP contribution >= 0.6 is 11.6 Å². The van der Waals surface area contributed by atoms with Gasteiger partial charge in [0.15, 0.2) is 17.7 Å². The number of primary amides is 1. The number of ketones is 1. The molecule has 10 heteroatoms. The molecular weight excluding hydrogens is 367 g/mol. The molecule has 0 aliphatic heterocycles. The Hall–Kier alpha value is -2.94. The van der Waals surface area contributed by atoms with Crippen molar-refractivity contribution in [2.45, 2.75) is 26.4 Å². The molecule has 1 aromatic carbocycles. The molecule has 0 bridgehead atoms. The van der Waals surface area contributed by atoms with Crippen molar-refractivity contribution in [2.75, 3.05) is 5.32 Å². The lowest BCUT2D eigenvalue weighted by molar-refractivity contribution is -0.125. The molecule has 1 heterocycles. The maximum atomic E-state index is 14.3. The number of nitrogens with one attached hydrogen (secondary N) is 2. The Morgan fingerprint density at radius 3 is 2.69 bits per heavy atom. The third-order valence-electron chi connectivity index (χ3n) is 3.48. The SMILES string of the molecule is Cc1cc(NC(=O)c2c(Cl)ccc(F)c2CC(=O)[C@H](C)OC(N)=O)n[nH]1. The Balaban J connectivity index is 2.31. The lowest BCUT2D eigenvalue weighted by Gasteiger charge is -2.14. The van der Waals surface area contributed by atoms with Gasteiger partial charge in [0.25, 0.3) is 5.91 Å². The van der Waals surface area contributed by atoms with Crippen LogP contribution in [0.15, 0.2) is 18.2 Å². The number of hydrogen-bond donors (Lipinski definition) is 3. The number of nitrogens with zero attached hydrogens (tertiary/aromatic N) is 1. The Morgan fingerprint density at radius 2 is 2.12 bits per heavy atom. The van der Waals surface area contributed by atoms with Crippen LogP contribution in [0, 0.1) is 12.7 Å². The number of aromatic amines is 1. The lowest BCUT2D eigenvalue weighted by atomic mass is 9.99. The van der Waals surface area contributed by atoms with Gasteiger partial charge in [0.05, 0.1) is 10.6 Å². The minimum atomic E-state index is -1.20. The second-order valence-corrected chi connectivity index (χ2v) is 5.90. The third-order valence-corrected chi connectivity index (χ3v) is 3.79. The van der Waals surface area contributed by atoms with Crippen molar-refractivity contribution in [3.63, 3.8) is 0 Å². The molecule has 2 rings (SSSR count). The van der Waals surface area contributed by atoms with E-state index in [1.807, 2.05) is 0 Å². The first-order chi connectivity index (χ1) is 12.2. The van der Waals surface area contributed by atoms with E-state index in [9.17, 15) is 18.8 Å². The zero-order chi connectivity index (χ0) is 19.4. The predicted molar refractivity (Wildman–Crippen MR) is 91.5 cm³/mol. The topological polar surface area (TPSA) is 127 Å². The first-order valence-electron chi connectivity index (χ1n) is 7.48. The van der Waals surface area contributed by atoms with Crippen LogP contribution in [0.3, 0.4) is 0 Å². The maximum Gasteiger partial charge on any atom is 0.405 e. The molecular formula is C16H16ClFN4O4. The summed E-state index contributed by atoms with van der Waals surface area (Å²) in [4.78, 5) is 35.4. The van der Waals surface area contributed by atoms with Gasteiger partial charge in [-0.05, 0) is 26.0 Å². The number of halogens is 2. The van der Waals surface area contributed by atoms with E-state index < -0.39 is 36.1 Å². The molecule has 1 atom stereocenters. The van der Waals surface area contributed by atoms with Crippen molar-refractivity contribution >= 4 is 35.2 Å². The van der Waals surface area contributed by atoms with Crippen molar-refractivity contribution < 1.29 is 23.5 Å². The number of H-pyrrole nitrogens is 1. The number of ether oxygens (including phenoxy) is 1. The lowest BCUT2D eigenvalue weighted by Crippen LogP contribution is -2.29. The average molecular weight is 383 g/mol. The fraction of sp³-hybridized carbons (Fsp3) is 0.250. The molecule has 0 spiro atoms. The zero-order valence-corrected chi connectivity index (χ0v) is 14.7. The number of nitrogens with two attached hydrogens (primary N) is 1. The van der Waals surface area contributed by atoms with Gasteiger partial charge in [-0.25, -0.2) is 9.18 Å². The van der Waals surface area contributed by atoms with Crippen LogP contribution in [0.25, 0.3) is 0 Å². The van der Waals surface area contributed by atoms with Crippen molar-refractivity contribution in [2.24, 2.45) is 5.73 Å². The summed E-state index contributed by atoms with van der Waals surface area (Å²) in [7, 11) is 0.